The van der Waals surface area contributed by atoms with E-state index in [0.29, 0.717) is 11.6 Å². The minimum atomic E-state index is -3.83. The number of sulfone groups is 1. The van der Waals surface area contributed by atoms with Crippen LogP contribution in [0.5, 0.6) is 0 Å². The number of nitrogens with zero attached hydrogens (tertiary/aromatic N) is 3. The van der Waals surface area contributed by atoms with Gasteiger partial charge in [-0.15, -0.1) is 24.8 Å². The molecule has 214 valence electrons. The van der Waals surface area contributed by atoms with Crippen molar-refractivity contribution in [1.29, 1.82) is 0 Å². The third kappa shape index (κ3) is 7.33. The Kier molecular flexibility index (Phi) is 11.0. The molecule has 1 aromatic carbocycles. The van der Waals surface area contributed by atoms with Crippen molar-refractivity contribution < 1.29 is 23.2 Å². The molecule has 2 aliphatic heterocycles. The van der Waals surface area contributed by atoms with Crippen molar-refractivity contribution in [2.75, 3.05) is 25.9 Å². The molecule has 0 aliphatic carbocycles. The molecule has 4 rings (SSSR count). The van der Waals surface area contributed by atoms with Crippen LogP contribution in [0.3, 0.4) is 0 Å². The van der Waals surface area contributed by atoms with Crippen LogP contribution in [0.15, 0.2) is 36.5 Å². The van der Waals surface area contributed by atoms with Gasteiger partial charge in [0, 0.05) is 48.4 Å². The van der Waals surface area contributed by atoms with Crippen LogP contribution in [0, 0.1) is 11.8 Å². The molecule has 1 atom stereocenters. The summed E-state index contributed by atoms with van der Waals surface area (Å²) in [5.41, 5.74) is 11.0. The molecule has 13 heteroatoms. The van der Waals surface area contributed by atoms with Crippen molar-refractivity contribution in [3.63, 3.8) is 0 Å². The summed E-state index contributed by atoms with van der Waals surface area (Å²) < 4.78 is 24.0. The number of carbonyl (C=O) groups is 2. The molecular weight excluding hydrogens is 565 g/mol. The Labute approximate surface area is 241 Å². The standard InChI is InChI=1S/C26H33N5O5S.2ClH/c1-26(24(32)28-34,37(2,35)36)11-14-30-18-23-15-21(17-31(23)25(30)33)8-5-19-3-6-20(7-4-19)16-29-12-9-22(27)10-13-29;;/h3-4,6-7,15,17,22,34H,9-14,16,18,27H2,1-2H3,(H,28,32);2*1H. The van der Waals surface area contributed by atoms with Crippen LogP contribution in [0.1, 0.15) is 48.6 Å². The van der Waals surface area contributed by atoms with Gasteiger partial charge in [-0.2, -0.15) is 0 Å². The number of hydrogen-bond acceptors (Lipinski definition) is 7. The van der Waals surface area contributed by atoms with Crippen molar-refractivity contribution in [1.82, 2.24) is 19.8 Å². The predicted molar refractivity (Wildman–Crippen MR) is 153 cm³/mol. The number of piperidine rings is 1. The molecule has 0 radical (unpaired) electrons. The first-order valence-electron chi connectivity index (χ1n) is 12.2. The molecule has 1 saturated heterocycles. The number of nitrogens with one attached hydrogen (secondary N) is 1. The molecular formula is C26H35Cl2N5O5S. The zero-order valence-corrected chi connectivity index (χ0v) is 24.4. The molecule has 1 unspecified atom stereocenters. The lowest BCUT2D eigenvalue weighted by Gasteiger charge is -2.30. The summed E-state index contributed by atoms with van der Waals surface area (Å²) >= 11 is 0. The van der Waals surface area contributed by atoms with E-state index in [4.69, 9.17) is 10.9 Å². The maximum atomic E-state index is 12.8. The predicted octanol–water partition coefficient (Wildman–Crippen LogP) is 2.14. The Morgan fingerprint density at radius 3 is 2.33 bits per heavy atom. The Balaban J connectivity index is 0.00000267. The van der Waals surface area contributed by atoms with E-state index in [-0.39, 0.29) is 50.4 Å². The van der Waals surface area contributed by atoms with E-state index in [1.807, 2.05) is 18.2 Å². The van der Waals surface area contributed by atoms with Crippen molar-refractivity contribution >= 4 is 46.6 Å². The van der Waals surface area contributed by atoms with E-state index < -0.39 is 20.5 Å². The first-order valence-corrected chi connectivity index (χ1v) is 14.1. The molecule has 3 heterocycles. The van der Waals surface area contributed by atoms with Crippen molar-refractivity contribution in [2.45, 2.75) is 50.1 Å². The number of hydroxylamine groups is 1. The van der Waals surface area contributed by atoms with Gasteiger partial charge in [0.2, 0.25) is 0 Å². The number of nitrogens with two attached hydrogens (primary N) is 1. The highest BCUT2D eigenvalue weighted by atomic mass is 35.5. The number of halogens is 2. The van der Waals surface area contributed by atoms with Crippen LogP contribution < -0.4 is 11.2 Å². The second-order valence-electron chi connectivity index (χ2n) is 10.0. The summed E-state index contributed by atoms with van der Waals surface area (Å²) in [6.07, 6.45) is 4.51. The van der Waals surface area contributed by atoms with E-state index in [9.17, 15) is 18.0 Å². The lowest BCUT2D eigenvalue weighted by atomic mass is 10.0. The minimum absolute atomic E-state index is 0. The van der Waals surface area contributed by atoms with Crippen molar-refractivity contribution in [3.8, 4) is 11.8 Å². The summed E-state index contributed by atoms with van der Waals surface area (Å²) in [4.78, 5) is 28.7. The zero-order chi connectivity index (χ0) is 26.8. The van der Waals surface area contributed by atoms with Gasteiger partial charge >= 0.3 is 6.03 Å². The fraction of sp³-hybridized carbons (Fsp3) is 0.462. The summed E-state index contributed by atoms with van der Waals surface area (Å²) in [7, 11) is -3.83. The van der Waals surface area contributed by atoms with E-state index in [0.717, 1.165) is 50.0 Å². The average molecular weight is 601 g/mol. The summed E-state index contributed by atoms with van der Waals surface area (Å²) in [5, 5.41) is 8.97. The third-order valence-electron chi connectivity index (χ3n) is 7.33. The molecule has 1 aromatic heterocycles. The van der Waals surface area contributed by atoms with Gasteiger partial charge in [-0.25, -0.2) is 18.7 Å². The Morgan fingerprint density at radius 2 is 1.77 bits per heavy atom. The number of carbonyl (C=O) groups excluding carboxylic acids is 2. The minimum Gasteiger partial charge on any atom is -0.328 e. The average Bonchev–Trinajstić information content (AvgIpc) is 3.40. The molecule has 2 aliphatic rings. The largest absolute Gasteiger partial charge is 0.328 e. The molecule has 39 heavy (non-hydrogen) atoms. The number of rotatable bonds is 7. The first kappa shape index (κ1) is 32.6. The number of hydrogen-bond donors (Lipinski definition) is 3. The summed E-state index contributed by atoms with van der Waals surface area (Å²) in [6.45, 7) is 4.49. The Hall–Kier alpha value is -2.59. The van der Waals surface area contributed by atoms with Crippen molar-refractivity contribution in [2.24, 2.45) is 5.73 Å². The van der Waals surface area contributed by atoms with Crippen LogP contribution in [0.25, 0.3) is 0 Å². The van der Waals surface area contributed by atoms with E-state index >= 15 is 0 Å². The van der Waals surface area contributed by atoms with E-state index in [1.165, 1.54) is 27.4 Å². The van der Waals surface area contributed by atoms with Gasteiger partial charge in [-0.1, -0.05) is 24.0 Å². The highest BCUT2D eigenvalue weighted by molar-refractivity contribution is 7.92. The van der Waals surface area contributed by atoms with Gasteiger partial charge in [0.15, 0.2) is 14.6 Å². The molecule has 0 spiro atoms. The zero-order valence-electron chi connectivity index (χ0n) is 21.9. The summed E-state index contributed by atoms with van der Waals surface area (Å²) in [5.74, 6) is 5.22. The highest BCUT2D eigenvalue weighted by Crippen LogP contribution is 2.25. The second kappa shape index (κ2) is 13.2. The van der Waals surface area contributed by atoms with Gasteiger partial charge in [-0.3, -0.25) is 19.5 Å². The SMILES string of the molecule is CC(CCN1Cc2cc(C#Cc3ccc(CN4CCC(N)CC4)cc3)cn2C1=O)(C(=O)NO)S(C)(=O)=O.Cl.Cl. The highest BCUT2D eigenvalue weighted by Gasteiger charge is 2.44. The monoisotopic (exact) mass is 599 g/mol. The third-order valence-corrected chi connectivity index (χ3v) is 9.36. The number of fused-ring (bicyclic) bond motifs is 1. The lowest BCUT2D eigenvalue weighted by Crippen LogP contribution is -2.50. The fourth-order valence-corrected chi connectivity index (χ4v) is 5.45. The number of aromatic nitrogens is 1. The molecule has 2 amide bonds. The van der Waals surface area contributed by atoms with E-state index in [2.05, 4.69) is 28.9 Å². The number of benzene rings is 1. The molecule has 0 saturated carbocycles. The van der Waals surface area contributed by atoms with Crippen LogP contribution in [-0.4, -0.2) is 76.6 Å². The van der Waals surface area contributed by atoms with Gasteiger partial charge in [0.1, 0.15) is 0 Å². The molecule has 4 N–H and O–H groups in total. The smallest absolute Gasteiger partial charge is 0.328 e. The molecule has 1 fully saturated rings. The maximum Gasteiger partial charge on any atom is 0.328 e. The van der Waals surface area contributed by atoms with Crippen LogP contribution >= 0.6 is 24.8 Å². The second-order valence-corrected chi connectivity index (χ2v) is 12.5. The van der Waals surface area contributed by atoms with Gasteiger partial charge in [0.05, 0.1) is 6.54 Å². The van der Waals surface area contributed by atoms with E-state index in [1.54, 1.807) is 6.20 Å². The van der Waals surface area contributed by atoms with Gasteiger partial charge in [0.25, 0.3) is 5.91 Å². The van der Waals surface area contributed by atoms with Crippen LogP contribution in [0.4, 0.5) is 4.79 Å². The first-order chi connectivity index (χ1) is 17.5. The molecule has 2 aromatic rings. The topological polar surface area (TPSA) is 138 Å². The van der Waals surface area contributed by atoms with Gasteiger partial charge < -0.3 is 10.6 Å². The summed E-state index contributed by atoms with van der Waals surface area (Å²) in [6, 6.07) is 10.00. The van der Waals surface area contributed by atoms with Crippen molar-refractivity contribution in [3.05, 3.63) is 58.9 Å². The lowest BCUT2D eigenvalue weighted by molar-refractivity contribution is -0.131. The quantitative estimate of drug-likeness (QED) is 0.252. The molecule has 10 nitrogen and oxygen atoms in total. The molecule has 0 bridgehead atoms. The van der Waals surface area contributed by atoms with Crippen LogP contribution in [-0.2, 0) is 27.7 Å². The number of amides is 2. The Bertz CT molecular complexity index is 1340. The normalized spacial score (nSPS) is 17.2. The maximum absolute atomic E-state index is 12.8. The number of likely N-dealkylation sites (tertiary alicyclic amines) is 1. The van der Waals surface area contributed by atoms with Crippen LogP contribution in [0.2, 0.25) is 0 Å². The Morgan fingerprint density at radius 1 is 1.15 bits per heavy atom. The van der Waals surface area contributed by atoms with Gasteiger partial charge in [-0.05, 0) is 63.0 Å². The fourth-order valence-electron chi connectivity index (χ4n) is 4.61.